The second kappa shape index (κ2) is 16.7. The van der Waals surface area contributed by atoms with Crippen LogP contribution in [0.15, 0.2) is 85.1 Å². The average Bonchev–Trinajstić information content (AvgIpc) is 2.88. The Hall–Kier alpha value is -3.88. The number of allylic oxidation sites excluding steroid dienone is 3. The Bertz CT molecular complexity index is 1050. The van der Waals surface area contributed by atoms with Crippen LogP contribution in [0.25, 0.3) is 0 Å². The van der Waals surface area contributed by atoms with Crippen molar-refractivity contribution in [2.75, 3.05) is 26.3 Å². The maximum atomic E-state index is 11.1. The van der Waals surface area contributed by atoms with E-state index in [-0.39, 0.29) is 12.0 Å². The fraction of sp³-hybridized carbons (Fsp3) is 0.310. The van der Waals surface area contributed by atoms with E-state index in [2.05, 4.69) is 11.5 Å². The van der Waals surface area contributed by atoms with Crippen LogP contribution in [0, 0.1) is 0 Å². The molecule has 0 spiro atoms. The molecule has 0 aliphatic carbocycles. The van der Waals surface area contributed by atoms with Crippen molar-refractivity contribution in [2.24, 2.45) is 5.73 Å². The number of benzene rings is 2. The Kier molecular flexibility index (Phi) is 13.3. The Morgan fingerprint density at radius 2 is 1.68 bits per heavy atom. The van der Waals surface area contributed by atoms with Crippen LogP contribution in [0.4, 0.5) is 0 Å². The largest absolute Gasteiger partial charge is 0.490 e. The number of nitrogens with two attached hydrogens (primary N) is 1. The molecule has 0 aliphatic rings. The molecule has 0 fully saturated rings. The molecule has 0 saturated carbocycles. The van der Waals surface area contributed by atoms with Crippen LogP contribution in [0.2, 0.25) is 0 Å². The number of hydrogen-bond donors (Lipinski definition) is 3. The van der Waals surface area contributed by atoms with Crippen LogP contribution < -0.4 is 10.5 Å². The summed E-state index contributed by atoms with van der Waals surface area (Å²) in [5.41, 5.74) is 8.63. The first-order chi connectivity index (χ1) is 17.9. The third-order valence-corrected chi connectivity index (χ3v) is 5.43. The van der Waals surface area contributed by atoms with Gasteiger partial charge in [0, 0.05) is 25.2 Å². The molecule has 8 nitrogen and oxygen atoms in total. The van der Waals surface area contributed by atoms with Crippen LogP contribution in [-0.4, -0.2) is 53.4 Å². The van der Waals surface area contributed by atoms with Crippen molar-refractivity contribution >= 4 is 11.9 Å². The summed E-state index contributed by atoms with van der Waals surface area (Å²) >= 11 is 0. The van der Waals surface area contributed by atoms with E-state index in [4.69, 9.17) is 25.4 Å². The molecular formula is C29H36N2O6. The number of aliphatic carboxylic acids is 1. The Morgan fingerprint density at radius 3 is 2.32 bits per heavy atom. The predicted molar refractivity (Wildman–Crippen MR) is 143 cm³/mol. The number of carboxylic acids is 2. The Morgan fingerprint density at radius 1 is 0.973 bits per heavy atom. The minimum absolute atomic E-state index is 0.147. The molecule has 37 heavy (non-hydrogen) atoms. The molecule has 0 radical (unpaired) electrons. The molecular weight excluding hydrogens is 472 g/mol. The zero-order chi connectivity index (χ0) is 26.9. The van der Waals surface area contributed by atoms with Crippen LogP contribution in [0.1, 0.15) is 40.7 Å². The van der Waals surface area contributed by atoms with Crippen molar-refractivity contribution in [1.82, 2.24) is 4.90 Å². The van der Waals surface area contributed by atoms with E-state index in [1.165, 1.54) is 0 Å². The van der Waals surface area contributed by atoms with Gasteiger partial charge >= 0.3 is 11.9 Å². The topological polar surface area (TPSA) is 122 Å². The van der Waals surface area contributed by atoms with Crippen molar-refractivity contribution in [1.29, 1.82) is 0 Å². The van der Waals surface area contributed by atoms with Gasteiger partial charge in [-0.25, -0.2) is 4.79 Å². The number of rotatable bonds is 18. The SMILES string of the molecule is C=C/C=C(N)\C=C/COc1ccc(COCCN(CCCCC(=O)O)Cc2ccc(C(=O)O)cc2)cc1. The average molecular weight is 509 g/mol. The molecule has 0 amide bonds. The molecule has 198 valence electrons. The molecule has 0 bridgehead atoms. The highest BCUT2D eigenvalue weighted by Crippen LogP contribution is 2.14. The van der Waals surface area contributed by atoms with Crippen LogP contribution >= 0.6 is 0 Å². The number of ether oxygens (including phenoxy) is 2. The van der Waals surface area contributed by atoms with Gasteiger partial charge in [0.15, 0.2) is 0 Å². The molecule has 8 heteroatoms. The zero-order valence-corrected chi connectivity index (χ0v) is 21.1. The highest BCUT2D eigenvalue weighted by molar-refractivity contribution is 5.87. The van der Waals surface area contributed by atoms with Gasteiger partial charge in [0.1, 0.15) is 12.4 Å². The molecule has 4 N–H and O–H groups in total. The summed E-state index contributed by atoms with van der Waals surface area (Å²) < 4.78 is 11.6. The molecule has 0 aliphatic heterocycles. The summed E-state index contributed by atoms with van der Waals surface area (Å²) in [6.07, 6.45) is 8.45. The number of hydrogen-bond acceptors (Lipinski definition) is 6. The van der Waals surface area contributed by atoms with Crippen LogP contribution in [0.5, 0.6) is 5.75 Å². The summed E-state index contributed by atoms with van der Waals surface area (Å²) in [4.78, 5) is 24.1. The summed E-state index contributed by atoms with van der Waals surface area (Å²) in [6.45, 7) is 7.00. The smallest absolute Gasteiger partial charge is 0.335 e. The molecule has 0 atom stereocenters. The van der Waals surface area contributed by atoms with Gasteiger partial charge in [-0.05, 0) is 73.0 Å². The number of carbonyl (C=O) groups is 2. The van der Waals surface area contributed by atoms with Gasteiger partial charge in [-0.3, -0.25) is 9.69 Å². The van der Waals surface area contributed by atoms with Crippen molar-refractivity contribution in [2.45, 2.75) is 32.4 Å². The first-order valence-corrected chi connectivity index (χ1v) is 12.2. The lowest BCUT2D eigenvalue weighted by Gasteiger charge is -2.22. The van der Waals surface area contributed by atoms with E-state index in [0.29, 0.717) is 45.0 Å². The standard InChI is InChI=1S/C29H36N2O6/c1-2-6-26(30)7-5-19-37-27-15-11-24(12-16-27)22-36-20-18-31(17-4-3-8-28(32)33)21-23-9-13-25(14-10-23)29(34)35/h2,5-7,9-16H,1,3-4,8,17-22,30H2,(H,32,33)(H,34,35)/b7-5-,26-6+. The van der Waals surface area contributed by atoms with Gasteiger partial charge in [0.25, 0.3) is 0 Å². The van der Waals surface area contributed by atoms with Crippen molar-refractivity contribution in [3.05, 3.63) is 102 Å². The lowest BCUT2D eigenvalue weighted by atomic mass is 10.1. The van der Waals surface area contributed by atoms with E-state index in [1.54, 1.807) is 42.5 Å². The van der Waals surface area contributed by atoms with E-state index < -0.39 is 11.9 Å². The highest BCUT2D eigenvalue weighted by atomic mass is 16.5. The summed E-state index contributed by atoms with van der Waals surface area (Å²) in [7, 11) is 0. The minimum atomic E-state index is -0.955. The lowest BCUT2D eigenvalue weighted by molar-refractivity contribution is -0.137. The maximum Gasteiger partial charge on any atom is 0.335 e. The number of aromatic carboxylic acids is 1. The predicted octanol–water partition coefficient (Wildman–Crippen LogP) is 4.62. The highest BCUT2D eigenvalue weighted by Gasteiger charge is 2.09. The second-order valence-electron chi connectivity index (χ2n) is 8.44. The molecule has 0 saturated heterocycles. The van der Waals surface area contributed by atoms with Gasteiger partial charge in [-0.2, -0.15) is 0 Å². The third-order valence-electron chi connectivity index (χ3n) is 5.43. The quantitative estimate of drug-likeness (QED) is 0.197. The van der Waals surface area contributed by atoms with E-state index >= 15 is 0 Å². The third kappa shape index (κ3) is 12.6. The van der Waals surface area contributed by atoms with E-state index in [1.807, 2.05) is 30.3 Å². The van der Waals surface area contributed by atoms with Gasteiger partial charge in [0.2, 0.25) is 0 Å². The zero-order valence-electron chi connectivity index (χ0n) is 21.1. The fourth-order valence-corrected chi connectivity index (χ4v) is 3.48. The normalized spacial score (nSPS) is 11.6. The Balaban J connectivity index is 1.79. The van der Waals surface area contributed by atoms with Gasteiger partial charge in [-0.15, -0.1) is 0 Å². The molecule has 2 rings (SSSR count). The molecule has 0 aromatic heterocycles. The summed E-state index contributed by atoms with van der Waals surface area (Å²) in [6, 6.07) is 14.5. The van der Waals surface area contributed by atoms with Gasteiger partial charge in [-0.1, -0.05) is 36.9 Å². The first kappa shape index (κ1) is 29.4. The fourth-order valence-electron chi connectivity index (χ4n) is 3.48. The van der Waals surface area contributed by atoms with Crippen molar-refractivity contribution < 1.29 is 29.3 Å². The van der Waals surface area contributed by atoms with Crippen LogP contribution in [-0.2, 0) is 22.7 Å². The van der Waals surface area contributed by atoms with Crippen LogP contribution in [0.3, 0.4) is 0 Å². The monoisotopic (exact) mass is 508 g/mol. The maximum absolute atomic E-state index is 11.1. The van der Waals surface area contributed by atoms with E-state index in [0.717, 1.165) is 29.8 Å². The number of unbranched alkanes of at least 4 members (excludes halogenated alkanes) is 1. The number of carboxylic acid groups (broad SMARTS) is 2. The summed E-state index contributed by atoms with van der Waals surface area (Å²) in [5, 5.41) is 18.0. The van der Waals surface area contributed by atoms with Crippen molar-refractivity contribution in [3.8, 4) is 5.75 Å². The Labute approximate surface area is 218 Å². The molecule has 2 aromatic carbocycles. The van der Waals surface area contributed by atoms with E-state index in [9.17, 15) is 9.59 Å². The van der Waals surface area contributed by atoms with Gasteiger partial charge in [0.05, 0.1) is 18.8 Å². The first-order valence-electron chi connectivity index (χ1n) is 12.2. The summed E-state index contributed by atoms with van der Waals surface area (Å²) in [5.74, 6) is -0.998. The molecule has 0 unspecified atom stereocenters. The van der Waals surface area contributed by atoms with Crippen molar-refractivity contribution in [3.63, 3.8) is 0 Å². The molecule has 2 aromatic rings. The molecule has 0 heterocycles. The number of nitrogens with zero attached hydrogens (tertiary/aromatic N) is 1. The minimum Gasteiger partial charge on any atom is -0.490 e. The second-order valence-corrected chi connectivity index (χ2v) is 8.44. The van der Waals surface area contributed by atoms with Gasteiger partial charge < -0.3 is 25.4 Å². The lowest BCUT2D eigenvalue weighted by Crippen LogP contribution is -2.28.